The molecule has 2 nitrogen and oxygen atoms in total. The lowest BCUT2D eigenvalue weighted by atomic mass is 10.1. The number of hydrogen-bond donors (Lipinski definition) is 1. The summed E-state index contributed by atoms with van der Waals surface area (Å²) in [5.74, 6) is 1.68. The van der Waals surface area contributed by atoms with Crippen LogP contribution in [-0.2, 0) is 11.8 Å². The molecular weight excluding hydrogens is 284 g/mol. The van der Waals surface area contributed by atoms with Gasteiger partial charge in [-0.05, 0) is 41.1 Å². The normalized spacial score (nSPS) is 17.8. The fraction of sp³-hybridized carbons (Fsp3) is 0.667. The second-order valence-corrected chi connectivity index (χ2v) is 6.52. The Bertz CT molecular complexity index is 461. The molecule has 1 aliphatic carbocycles. The number of nitrogens with zero attached hydrogens (tertiary/aromatic N) is 1. The van der Waals surface area contributed by atoms with Gasteiger partial charge in [0, 0.05) is 11.1 Å². The summed E-state index contributed by atoms with van der Waals surface area (Å²) in [6.45, 7) is 6.66. The van der Waals surface area contributed by atoms with Gasteiger partial charge < -0.3 is 4.98 Å². The van der Waals surface area contributed by atoms with Crippen molar-refractivity contribution in [3.8, 4) is 0 Å². The Labute approximate surface area is 110 Å². The summed E-state index contributed by atoms with van der Waals surface area (Å²) in [5.41, 5.74) is 1.44. The summed E-state index contributed by atoms with van der Waals surface area (Å²) >= 11 is 8.83. The van der Waals surface area contributed by atoms with E-state index in [4.69, 9.17) is 12.2 Å². The lowest BCUT2D eigenvalue weighted by molar-refractivity contribution is 0.615. The summed E-state index contributed by atoms with van der Waals surface area (Å²) in [4.78, 5) is 7.95. The van der Waals surface area contributed by atoms with E-state index in [1.807, 2.05) is 0 Å². The molecule has 1 fully saturated rings. The van der Waals surface area contributed by atoms with Gasteiger partial charge in [0.2, 0.25) is 0 Å². The fourth-order valence-electron chi connectivity index (χ4n) is 1.76. The van der Waals surface area contributed by atoms with Crippen LogP contribution in [0.1, 0.15) is 45.1 Å². The van der Waals surface area contributed by atoms with E-state index in [1.165, 1.54) is 18.5 Å². The molecule has 0 aromatic carbocycles. The maximum absolute atomic E-state index is 5.30. The summed E-state index contributed by atoms with van der Waals surface area (Å²) in [6.07, 6.45) is 3.44. The van der Waals surface area contributed by atoms with Gasteiger partial charge in [0.15, 0.2) is 0 Å². The van der Waals surface area contributed by atoms with E-state index >= 15 is 0 Å². The van der Waals surface area contributed by atoms with Crippen molar-refractivity contribution in [3.63, 3.8) is 0 Å². The number of nitrogens with one attached hydrogen (secondary N) is 1. The summed E-state index contributed by atoms with van der Waals surface area (Å²) in [5, 5.41) is 0. The Morgan fingerprint density at radius 3 is 2.62 bits per heavy atom. The van der Waals surface area contributed by atoms with Crippen LogP contribution in [0.15, 0.2) is 4.47 Å². The molecule has 4 heteroatoms. The standard InChI is InChI=1S/C12H17BrN2S/c1-7(2)6-8-9(13)10(16)15-11(14-8)12(3)4-5-12/h7H,4-6H2,1-3H3,(H,14,15,16). The van der Waals surface area contributed by atoms with Gasteiger partial charge in [-0.1, -0.05) is 33.0 Å². The van der Waals surface area contributed by atoms with Crippen LogP contribution < -0.4 is 0 Å². The van der Waals surface area contributed by atoms with Gasteiger partial charge >= 0.3 is 0 Å². The van der Waals surface area contributed by atoms with E-state index in [2.05, 4.69) is 46.7 Å². The third-order valence-electron chi connectivity index (χ3n) is 3.12. The van der Waals surface area contributed by atoms with Crippen LogP contribution >= 0.6 is 28.1 Å². The van der Waals surface area contributed by atoms with Crippen LogP contribution in [0.5, 0.6) is 0 Å². The smallest absolute Gasteiger partial charge is 0.144 e. The number of aromatic amines is 1. The van der Waals surface area contributed by atoms with Crippen molar-refractivity contribution >= 4 is 28.1 Å². The predicted octanol–water partition coefficient (Wildman–Crippen LogP) is 4.15. The van der Waals surface area contributed by atoms with Crippen molar-refractivity contribution in [2.24, 2.45) is 5.92 Å². The second kappa shape index (κ2) is 4.22. The monoisotopic (exact) mass is 300 g/mol. The minimum absolute atomic E-state index is 0.250. The molecule has 0 saturated heterocycles. The third-order valence-corrected chi connectivity index (χ3v) is 4.53. The van der Waals surface area contributed by atoms with Gasteiger partial charge in [0.25, 0.3) is 0 Å². The predicted molar refractivity (Wildman–Crippen MR) is 72.2 cm³/mol. The average Bonchev–Trinajstić information content (AvgIpc) is 2.92. The Hall–Kier alpha value is -0.220. The van der Waals surface area contributed by atoms with E-state index in [9.17, 15) is 0 Å². The van der Waals surface area contributed by atoms with Crippen LogP contribution in [0.25, 0.3) is 0 Å². The number of H-pyrrole nitrogens is 1. The first-order valence-corrected chi connectivity index (χ1v) is 6.92. The molecule has 0 bridgehead atoms. The van der Waals surface area contributed by atoms with Crippen LogP contribution in [0.4, 0.5) is 0 Å². The molecule has 88 valence electrons. The zero-order valence-electron chi connectivity index (χ0n) is 9.93. The van der Waals surface area contributed by atoms with Crippen LogP contribution in [-0.4, -0.2) is 9.97 Å². The molecule has 1 aliphatic rings. The Morgan fingerprint density at radius 2 is 2.12 bits per heavy atom. The number of aromatic nitrogens is 2. The first kappa shape index (κ1) is 12.2. The molecule has 2 rings (SSSR count). The zero-order chi connectivity index (χ0) is 11.9. The minimum atomic E-state index is 0.250. The maximum atomic E-state index is 5.30. The molecule has 1 saturated carbocycles. The van der Waals surface area contributed by atoms with Crippen LogP contribution in [0.3, 0.4) is 0 Å². The molecule has 0 aliphatic heterocycles. The molecule has 0 unspecified atom stereocenters. The first-order chi connectivity index (χ1) is 7.42. The molecule has 0 radical (unpaired) electrons. The molecule has 1 aromatic rings. The van der Waals surface area contributed by atoms with Gasteiger partial charge in [-0.25, -0.2) is 4.98 Å². The van der Waals surface area contributed by atoms with Crippen molar-refractivity contribution in [2.75, 3.05) is 0 Å². The third kappa shape index (κ3) is 2.38. The van der Waals surface area contributed by atoms with E-state index in [-0.39, 0.29) is 5.41 Å². The van der Waals surface area contributed by atoms with Crippen molar-refractivity contribution in [2.45, 2.75) is 45.4 Å². The molecule has 1 heterocycles. The van der Waals surface area contributed by atoms with Gasteiger partial charge in [0.1, 0.15) is 10.5 Å². The second-order valence-electron chi connectivity index (χ2n) is 5.34. The van der Waals surface area contributed by atoms with E-state index in [0.29, 0.717) is 10.6 Å². The maximum Gasteiger partial charge on any atom is 0.144 e. The molecular formula is C12H17BrN2S. The lowest BCUT2D eigenvalue weighted by Crippen LogP contribution is -2.11. The molecule has 0 amide bonds. The van der Waals surface area contributed by atoms with Gasteiger partial charge in [-0.15, -0.1) is 0 Å². The Morgan fingerprint density at radius 1 is 1.50 bits per heavy atom. The zero-order valence-corrected chi connectivity index (χ0v) is 12.3. The van der Waals surface area contributed by atoms with E-state index in [1.54, 1.807) is 0 Å². The fourth-order valence-corrected chi connectivity index (χ4v) is 2.33. The average molecular weight is 301 g/mol. The molecule has 0 spiro atoms. The van der Waals surface area contributed by atoms with Crippen molar-refractivity contribution in [3.05, 3.63) is 20.6 Å². The molecule has 16 heavy (non-hydrogen) atoms. The highest BCUT2D eigenvalue weighted by Crippen LogP contribution is 2.46. The molecule has 1 aromatic heterocycles. The summed E-state index contributed by atoms with van der Waals surface area (Å²) < 4.78 is 1.65. The highest BCUT2D eigenvalue weighted by molar-refractivity contribution is 9.10. The van der Waals surface area contributed by atoms with Gasteiger partial charge in [0.05, 0.1) is 4.47 Å². The molecule has 1 N–H and O–H groups in total. The summed E-state index contributed by atoms with van der Waals surface area (Å²) in [6, 6.07) is 0. The van der Waals surface area contributed by atoms with Gasteiger partial charge in [-0.3, -0.25) is 0 Å². The Kier molecular flexibility index (Phi) is 3.23. The number of halogens is 1. The van der Waals surface area contributed by atoms with Crippen LogP contribution in [0, 0.1) is 10.6 Å². The van der Waals surface area contributed by atoms with E-state index < -0.39 is 0 Å². The summed E-state index contributed by atoms with van der Waals surface area (Å²) in [7, 11) is 0. The van der Waals surface area contributed by atoms with Crippen molar-refractivity contribution in [1.82, 2.24) is 9.97 Å². The Balaban J connectivity index is 2.43. The van der Waals surface area contributed by atoms with Crippen LogP contribution in [0.2, 0.25) is 0 Å². The lowest BCUT2D eigenvalue weighted by Gasteiger charge is -2.13. The van der Waals surface area contributed by atoms with E-state index in [0.717, 1.165) is 16.7 Å². The first-order valence-electron chi connectivity index (χ1n) is 5.71. The van der Waals surface area contributed by atoms with Gasteiger partial charge in [-0.2, -0.15) is 0 Å². The van der Waals surface area contributed by atoms with Crippen molar-refractivity contribution < 1.29 is 0 Å². The molecule has 0 atom stereocenters. The highest BCUT2D eigenvalue weighted by Gasteiger charge is 2.41. The largest absolute Gasteiger partial charge is 0.346 e. The number of rotatable bonds is 3. The van der Waals surface area contributed by atoms with Crippen molar-refractivity contribution in [1.29, 1.82) is 0 Å². The quantitative estimate of drug-likeness (QED) is 0.850. The number of hydrogen-bond acceptors (Lipinski definition) is 2. The topological polar surface area (TPSA) is 28.7 Å². The SMILES string of the molecule is CC(C)Cc1[nH]c(C2(C)CC2)nc(=S)c1Br. The highest BCUT2D eigenvalue weighted by atomic mass is 79.9. The minimum Gasteiger partial charge on any atom is -0.346 e.